The van der Waals surface area contributed by atoms with Crippen molar-refractivity contribution in [2.45, 2.75) is 77.4 Å². The van der Waals surface area contributed by atoms with Crippen LogP contribution in [0.3, 0.4) is 0 Å². The molecule has 0 fully saturated rings. The summed E-state index contributed by atoms with van der Waals surface area (Å²) in [6.07, 6.45) is 10.4. The number of hydrogen-bond donors (Lipinski definition) is 2. The fourth-order valence-corrected chi connectivity index (χ4v) is 4.39. The van der Waals surface area contributed by atoms with Crippen LogP contribution in [0.2, 0.25) is 0 Å². The maximum Gasteiger partial charge on any atom is 0.267 e. The summed E-state index contributed by atoms with van der Waals surface area (Å²) in [6, 6.07) is 8.39. The Labute approximate surface area is 172 Å². The zero-order chi connectivity index (χ0) is 21.0. The van der Waals surface area contributed by atoms with E-state index in [9.17, 15) is 13.5 Å². The minimum atomic E-state index is -4.16. The first-order valence-electron chi connectivity index (χ1n) is 10.6. The van der Waals surface area contributed by atoms with Crippen LogP contribution in [0.15, 0.2) is 24.3 Å². The summed E-state index contributed by atoms with van der Waals surface area (Å²) in [5, 5.41) is 9.99. The fourth-order valence-electron chi connectivity index (χ4n) is 3.80. The van der Waals surface area contributed by atoms with Crippen molar-refractivity contribution in [1.29, 1.82) is 0 Å². The first kappa shape index (κ1) is 25.1. The van der Waals surface area contributed by atoms with Crippen molar-refractivity contribution in [3.63, 3.8) is 0 Å². The van der Waals surface area contributed by atoms with Crippen molar-refractivity contribution < 1.29 is 22.6 Å². The van der Waals surface area contributed by atoms with Crippen LogP contribution in [0.4, 0.5) is 0 Å². The van der Waals surface area contributed by atoms with Gasteiger partial charge in [0.1, 0.15) is 24.9 Å². The number of aliphatic hydroxyl groups is 1. The highest BCUT2D eigenvalue weighted by molar-refractivity contribution is 7.85. The van der Waals surface area contributed by atoms with E-state index in [2.05, 4.69) is 25.1 Å². The zero-order valence-electron chi connectivity index (χ0n) is 17.9. The molecule has 0 amide bonds. The summed E-state index contributed by atoms with van der Waals surface area (Å²) in [6.45, 7) is 3.23. The standard InChI is InChI=1S/C22H39NO4S/c1-4-5-6-7-8-9-10-11-14-20-15-12-13-16-21(20)17-23(2,3)18-22(24)19-28(25,26)27/h12-13,15-16,22,24H,4-11,14,17-19H2,1-3H3/p+1. The number of benzene rings is 1. The van der Waals surface area contributed by atoms with Gasteiger partial charge in [-0.25, -0.2) is 0 Å². The van der Waals surface area contributed by atoms with Crippen molar-refractivity contribution in [2.75, 3.05) is 26.4 Å². The molecule has 1 aromatic rings. The first-order valence-corrected chi connectivity index (χ1v) is 12.3. The van der Waals surface area contributed by atoms with Gasteiger partial charge in [0.15, 0.2) is 0 Å². The third-order valence-corrected chi connectivity index (χ3v) is 5.93. The molecule has 0 aliphatic rings. The average molecular weight is 415 g/mol. The summed E-state index contributed by atoms with van der Waals surface area (Å²) in [4.78, 5) is 0. The smallest absolute Gasteiger partial charge is 0.267 e. The summed E-state index contributed by atoms with van der Waals surface area (Å²) in [5.41, 5.74) is 2.58. The molecule has 0 aliphatic carbocycles. The number of aryl methyl sites for hydroxylation is 1. The molecule has 0 aromatic heterocycles. The Hall–Kier alpha value is -0.950. The third kappa shape index (κ3) is 11.8. The lowest BCUT2D eigenvalue weighted by Gasteiger charge is -2.32. The van der Waals surface area contributed by atoms with Gasteiger partial charge in [-0.15, -0.1) is 0 Å². The Balaban J connectivity index is 2.49. The van der Waals surface area contributed by atoms with Gasteiger partial charge in [0, 0.05) is 5.56 Å². The van der Waals surface area contributed by atoms with E-state index in [4.69, 9.17) is 4.55 Å². The molecule has 28 heavy (non-hydrogen) atoms. The van der Waals surface area contributed by atoms with Gasteiger partial charge >= 0.3 is 0 Å². The van der Waals surface area contributed by atoms with E-state index in [0.29, 0.717) is 4.48 Å². The van der Waals surface area contributed by atoms with Gasteiger partial charge in [0.25, 0.3) is 10.1 Å². The van der Waals surface area contributed by atoms with E-state index in [1.807, 2.05) is 20.2 Å². The van der Waals surface area contributed by atoms with Crippen LogP contribution < -0.4 is 0 Å². The van der Waals surface area contributed by atoms with Crippen molar-refractivity contribution in [1.82, 2.24) is 0 Å². The number of hydrogen-bond acceptors (Lipinski definition) is 3. The largest absolute Gasteiger partial charge is 0.386 e. The number of quaternary nitrogens is 1. The number of rotatable bonds is 15. The van der Waals surface area contributed by atoms with Crippen molar-refractivity contribution in [2.24, 2.45) is 0 Å². The molecular weight excluding hydrogens is 374 g/mol. The molecule has 1 atom stereocenters. The minimum absolute atomic E-state index is 0.270. The normalized spacial score (nSPS) is 13.6. The maximum atomic E-state index is 11.0. The highest BCUT2D eigenvalue weighted by Crippen LogP contribution is 2.18. The molecule has 6 heteroatoms. The fraction of sp³-hybridized carbons (Fsp3) is 0.727. The van der Waals surface area contributed by atoms with Crippen molar-refractivity contribution >= 4 is 10.1 Å². The lowest BCUT2D eigenvalue weighted by atomic mass is 9.99. The molecule has 0 saturated heterocycles. The SMILES string of the molecule is CCCCCCCCCCc1ccccc1C[N+](C)(C)CC(O)CS(=O)(=O)O. The van der Waals surface area contributed by atoms with E-state index in [1.54, 1.807) is 0 Å². The van der Waals surface area contributed by atoms with Gasteiger partial charge in [-0.2, -0.15) is 8.42 Å². The Bertz CT molecular complexity index is 658. The first-order chi connectivity index (χ1) is 13.1. The molecule has 0 radical (unpaired) electrons. The van der Waals surface area contributed by atoms with Gasteiger partial charge < -0.3 is 9.59 Å². The zero-order valence-corrected chi connectivity index (χ0v) is 18.8. The Kier molecular flexibility index (Phi) is 11.3. The molecule has 0 aliphatic heterocycles. The Morgan fingerprint density at radius 3 is 2.04 bits per heavy atom. The number of nitrogens with zero attached hydrogens (tertiary/aromatic N) is 1. The van der Waals surface area contributed by atoms with Crippen molar-refractivity contribution in [3.05, 3.63) is 35.4 Å². The molecule has 162 valence electrons. The number of likely N-dealkylation sites (N-methyl/N-ethyl adjacent to an activating group) is 1. The van der Waals surface area contributed by atoms with Crippen LogP contribution in [-0.2, 0) is 23.1 Å². The van der Waals surface area contributed by atoms with Gasteiger partial charge in [0.05, 0.1) is 14.1 Å². The minimum Gasteiger partial charge on any atom is -0.386 e. The highest BCUT2D eigenvalue weighted by Gasteiger charge is 2.25. The molecule has 2 N–H and O–H groups in total. The van der Waals surface area contributed by atoms with Crippen LogP contribution in [0.25, 0.3) is 0 Å². The molecular formula is C22H40NO4S+. The van der Waals surface area contributed by atoms with E-state index < -0.39 is 22.0 Å². The summed E-state index contributed by atoms with van der Waals surface area (Å²) in [5.74, 6) is -0.616. The summed E-state index contributed by atoms with van der Waals surface area (Å²) >= 11 is 0. The molecule has 0 bridgehead atoms. The lowest BCUT2D eigenvalue weighted by Crippen LogP contribution is -2.46. The average Bonchev–Trinajstić information content (AvgIpc) is 2.56. The monoisotopic (exact) mass is 414 g/mol. The predicted molar refractivity (Wildman–Crippen MR) is 116 cm³/mol. The molecule has 0 spiro atoms. The molecule has 0 heterocycles. The molecule has 1 aromatic carbocycles. The van der Waals surface area contributed by atoms with E-state index in [1.165, 1.54) is 62.5 Å². The quantitative estimate of drug-likeness (QED) is 0.256. The van der Waals surface area contributed by atoms with Crippen molar-refractivity contribution in [3.8, 4) is 0 Å². The summed E-state index contributed by atoms with van der Waals surface area (Å²) in [7, 11) is -0.217. The van der Waals surface area contributed by atoms with E-state index >= 15 is 0 Å². The molecule has 5 nitrogen and oxygen atoms in total. The number of unbranched alkanes of at least 4 members (excludes halogenated alkanes) is 7. The molecule has 0 saturated carbocycles. The van der Waals surface area contributed by atoms with Crippen LogP contribution in [0.1, 0.15) is 69.4 Å². The van der Waals surface area contributed by atoms with Crippen LogP contribution in [0, 0.1) is 0 Å². The summed E-state index contributed by atoms with van der Waals surface area (Å²) < 4.78 is 31.3. The lowest BCUT2D eigenvalue weighted by molar-refractivity contribution is -0.906. The second kappa shape index (κ2) is 12.6. The highest BCUT2D eigenvalue weighted by atomic mass is 32.2. The third-order valence-electron chi connectivity index (χ3n) is 5.12. The Morgan fingerprint density at radius 1 is 0.929 bits per heavy atom. The van der Waals surface area contributed by atoms with Gasteiger partial charge in [0.2, 0.25) is 0 Å². The van der Waals surface area contributed by atoms with E-state index in [-0.39, 0.29) is 6.54 Å². The van der Waals surface area contributed by atoms with E-state index in [0.717, 1.165) is 13.0 Å². The van der Waals surface area contributed by atoms with Gasteiger partial charge in [-0.05, 0) is 18.4 Å². The maximum absolute atomic E-state index is 11.0. The second-order valence-electron chi connectivity index (χ2n) is 8.67. The molecule has 1 rings (SSSR count). The van der Waals surface area contributed by atoms with Crippen LogP contribution in [0.5, 0.6) is 0 Å². The Morgan fingerprint density at radius 2 is 1.46 bits per heavy atom. The number of aliphatic hydroxyl groups excluding tert-OH is 1. The van der Waals surface area contributed by atoms with Crippen LogP contribution in [-0.4, -0.2) is 55.1 Å². The topological polar surface area (TPSA) is 74.6 Å². The van der Waals surface area contributed by atoms with Gasteiger partial charge in [-0.3, -0.25) is 4.55 Å². The second-order valence-corrected chi connectivity index (χ2v) is 10.2. The predicted octanol–water partition coefficient (Wildman–Crippen LogP) is 4.19. The van der Waals surface area contributed by atoms with Gasteiger partial charge in [-0.1, -0.05) is 76.1 Å². The molecule has 1 unspecified atom stereocenters. The van der Waals surface area contributed by atoms with Crippen LogP contribution >= 0.6 is 0 Å².